The number of aliphatic hydroxyl groups excluding tert-OH is 1. The number of rotatable bonds is 1. The van der Waals surface area contributed by atoms with Crippen molar-refractivity contribution in [1.29, 1.82) is 0 Å². The van der Waals surface area contributed by atoms with Crippen molar-refractivity contribution in [3.63, 3.8) is 0 Å². The summed E-state index contributed by atoms with van der Waals surface area (Å²) in [4.78, 5) is 10.5. The van der Waals surface area contributed by atoms with E-state index < -0.39 is 11.5 Å². The molecular formula is C9H9NO3. The molecule has 0 amide bonds. The monoisotopic (exact) mass is 179 g/mol. The zero-order chi connectivity index (χ0) is 10.1. The average molecular weight is 179 g/mol. The Morgan fingerprint density at radius 1 is 1.69 bits per heavy atom. The lowest BCUT2D eigenvalue weighted by molar-refractivity contribution is -0.132. The zero-order valence-corrected chi connectivity index (χ0v) is 7.03. The predicted octanol–water partition coefficient (Wildman–Crippen LogP) is 0.174. The van der Waals surface area contributed by atoms with Crippen molar-refractivity contribution in [2.75, 3.05) is 0 Å². The van der Waals surface area contributed by atoms with Gasteiger partial charge < -0.3 is 15.9 Å². The summed E-state index contributed by atoms with van der Waals surface area (Å²) >= 11 is 0. The third kappa shape index (κ3) is 2.10. The lowest BCUT2D eigenvalue weighted by Crippen LogP contribution is -2.31. The minimum atomic E-state index is -1.26. The fraction of sp³-hybridized carbons (Fsp3) is 0.222. The molecule has 1 atom stereocenters. The summed E-state index contributed by atoms with van der Waals surface area (Å²) < 4.78 is 0. The maximum atomic E-state index is 10.5. The third-order valence-electron chi connectivity index (χ3n) is 1.51. The molecular weight excluding hydrogens is 170 g/mol. The first kappa shape index (κ1) is 9.36. The number of carbonyl (C=O) groups is 1. The Morgan fingerprint density at radius 2 is 2.31 bits per heavy atom. The largest absolute Gasteiger partial charge is 0.506 e. The van der Waals surface area contributed by atoms with Crippen LogP contribution in [0.25, 0.3) is 0 Å². The second-order valence-corrected chi connectivity index (χ2v) is 2.93. The van der Waals surface area contributed by atoms with Crippen molar-refractivity contribution < 1.29 is 15.0 Å². The zero-order valence-electron chi connectivity index (χ0n) is 7.03. The molecule has 0 saturated heterocycles. The Kier molecular flexibility index (Phi) is 2.13. The van der Waals surface area contributed by atoms with Gasteiger partial charge in [0.2, 0.25) is 0 Å². The highest BCUT2D eigenvalue weighted by Crippen LogP contribution is 2.10. The van der Waals surface area contributed by atoms with Crippen LogP contribution in [0.2, 0.25) is 0 Å². The van der Waals surface area contributed by atoms with E-state index in [9.17, 15) is 9.90 Å². The van der Waals surface area contributed by atoms with Crippen LogP contribution in [0.4, 0.5) is 0 Å². The third-order valence-corrected chi connectivity index (χ3v) is 1.51. The number of carboxylic acids is 1. The van der Waals surface area contributed by atoms with Gasteiger partial charge in [0, 0.05) is 0 Å². The standard InChI is InChI=1S/C9H9NO3/c1-9(10)4-2-6(8(12)13)7(11)3-5-9/h3,5,11H,10H2,1H3,(H,12,13). The first-order valence-electron chi connectivity index (χ1n) is 3.60. The average Bonchev–Trinajstić information content (AvgIpc) is 2.11. The summed E-state index contributed by atoms with van der Waals surface area (Å²) in [5.41, 5.74) is 4.39. The maximum Gasteiger partial charge on any atom is 0.348 e. The lowest BCUT2D eigenvalue weighted by Gasteiger charge is -2.09. The Bertz CT molecular complexity index is 366. The predicted molar refractivity (Wildman–Crippen MR) is 46.8 cm³/mol. The molecule has 0 spiro atoms. The summed E-state index contributed by atoms with van der Waals surface area (Å²) in [7, 11) is 0. The molecule has 0 aromatic rings. The van der Waals surface area contributed by atoms with Crippen LogP contribution in [0.5, 0.6) is 0 Å². The summed E-state index contributed by atoms with van der Waals surface area (Å²) in [6.45, 7) is 1.62. The summed E-state index contributed by atoms with van der Waals surface area (Å²) in [6, 6.07) is 0. The van der Waals surface area contributed by atoms with Gasteiger partial charge >= 0.3 is 5.97 Å². The van der Waals surface area contributed by atoms with Crippen LogP contribution < -0.4 is 5.73 Å². The molecule has 0 saturated carbocycles. The van der Waals surface area contributed by atoms with Crippen LogP contribution in [0, 0.1) is 11.8 Å². The van der Waals surface area contributed by atoms with E-state index in [-0.39, 0.29) is 11.3 Å². The SMILES string of the molecule is CC1(N)C#CC(C(=O)O)=C(O)C=C1. The summed E-state index contributed by atoms with van der Waals surface area (Å²) in [5.74, 6) is 3.22. The van der Waals surface area contributed by atoms with Gasteiger partial charge in [0.1, 0.15) is 5.76 Å². The molecule has 0 heterocycles. The molecule has 1 rings (SSSR count). The van der Waals surface area contributed by atoms with Crippen LogP contribution in [0.15, 0.2) is 23.5 Å². The van der Waals surface area contributed by atoms with Gasteiger partial charge in [-0.05, 0) is 19.1 Å². The quantitative estimate of drug-likeness (QED) is 0.501. The van der Waals surface area contributed by atoms with Crippen LogP contribution in [-0.4, -0.2) is 21.7 Å². The smallest absolute Gasteiger partial charge is 0.348 e. The molecule has 0 aromatic carbocycles. The van der Waals surface area contributed by atoms with Gasteiger partial charge in [0.05, 0.1) is 5.54 Å². The minimum absolute atomic E-state index is 0.328. The maximum absolute atomic E-state index is 10.5. The van der Waals surface area contributed by atoms with Gasteiger partial charge in [-0.25, -0.2) is 4.79 Å². The van der Waals surface area contributed by atoms with E-state index in [2.05, 4.69) is 11.8 Å². The van der Waals surface area contributed by atoms with Crippen molar-refractivity contribution in [2.24, 2.45) is 5.73 Å². The second-order valence-electron chi connectivity index (χ2n) is 2.93. The second kappa shape index (κ2) is 2.96. The van der Waals surface area contributed by atoms with Crippen molar-refractivity contribution in [3.8, 4) is 11.8 Å². The van der Waals surface area contributed by atoms with Crippen molar-refractivity contribution in [1.82, 2.24) is 0 Å². The molecule has 4 nitrogen and oxygen atoms in total. The van der Waals surface area contributed by atoms with Gasteiger partial charge in [-0.3, -0.25) is 0 Å². The van der Waals surface area contributed by atoms with Gasteiger partial charge in [0.25, 0.3) is 0 Å². The van der Waals surface area contributed by atoms with E-state index in [1.54, 1.807) is 6.92 Å². The van der Waals surface area contributed by atoms with Crippen LogP contribution in [-0.2, 0) is 4.79 Å². The number of aliphatic hydroxyl groups is 1. The molecule has 0 bridgehead atoms. The van der Waals surface area contributed by atoms with E-state index in [4.69, 9.17) is 10.8 Å². The molecule has 1 aliphatic rings. The molecule has 0 radical (unpaired) electrons. The van der Waals surface area contributed by atoms with Crippen molar-refractivity contribution >= 4 is 5.97 Å². The fourth-order valence-corrected chi connectivity index (χ4v) is 0.801. The highest BCUT2D eigenvalue weighted by Gasteiger charge is 2.17. The molecule has 1 unspecified atom stereocenters. The Labute approximate surface area is 75.4 Å². The van der Waals surface area contributed by atoms with Gasteiger partial charge in [0.15, 0.2) is 5.57 Å². The molecule has 0 aliphatic heterocycles. The van der Waals surface area contributed by atoms with Crippen LogP contribution in [0.3, 0.4) is 0 Å². The topological polar surface area (TPSA) is 83.6 Å². The van der Waals surface area contributed by atoms with E-state index in [0.717, 1.165) is 0 Å². The minimum Gasteiger partial charge on any atom is -0.506 e. The number of nitrogens with two attached hydrogens (primary N) is 1. The van der Waals surface area contributed by atoms with Gasteiger partial charge in [-0.15, -0.1) is 0 Å². The summed E-state index contributed by atoms with van der Waals surface area (Å²) in [5, 5.41) is 17.8. The van der Waals surface area contributed by atoms with Gasteiger partial charge in [-0.2, -0.15) is 0 Å². The van der Waals surface area contributed by atoms with E-state index >= 15 is 0 Å². The molecule has 1 aliphatic carbocycles. The van der Waals surface area contributed by atoms with E-state index in [1.165, 1.54) is 12.2 Å². The Balaban J connectivity index is 3.19. The lowest BCUT2D eigenvalue weighted by atomic mass is 10.1. The van der Waals surface area contributed by atoms with E-state index in [1.807, 2.05) is 0 Å². The number of carboxylic acid groups (broad SMARTS) is 1. The fourth-order valence-electron chi connectivity index (χ4n) is 0.801. The number of hydrogen-bond donors (Lipinski definition) is 3. The number of aliphatic carboxylic acids is 1. The summed E-state index contributed by atoms with van der Waals surface area (Å²) in [6.07, 6.45) is 2.68. The normalized spacial score (nSPS) is 26.3. The van der Waals surface area contributed by atoms with Crippen molar-refractivity contribution in [3.05, 3.63) is 23.5 Å². The van der Waals surface area contributed by atoms with Gasteiger partial charge in [-0.1, -0.05) is 11.8 Å². The number of allylic oxidation sites excluding steroid dienone is 1. The molecule has 13 heavy (non-hydrogen) atoms. The molecule has 0 fully saturated rings. The Morgan fingerprint density at radius 3 is 2.85 bits per heavy atom. The number of hydrogen-bond acceptors (Lipinski definition) is 3. The van der Waals surface area contributed by atoms with Crippen LogP contribution >= 0.6 is 0 Å². The van der Waals surface area contributed by atoms with E-state index in [0.29, 0.717) is 0 Å². The first-order chi connectivity index (χ1) is 5.92. The highest BCUT2D eigenvalue weighted by atomic mass is 16.4. The molecule has 4 N–H and O–H groups in total. The first-order valence-corrected chi connectivity index (χ1v) is 3.60. The van der Waals surface area contributed by atoms with Crippen LogP contribution in [0.1, 0.15) is 6.92 Å². The molecule has 4 heteroatoms. The van der Waals surface area contributed by atoms with Crippen molar-refractivity contribution in [2.45, 2.75) is 12.5 Å². The Hall–Kier alpha value is -1.73. The molecule has 0 aromatic heterocycles. The highest BCUT2D eigenvalue weighted by molar-refractivity contribution is 5.93. The molecule has 68 valence electrons.